The summed E-state index contributed by atoms with van der Waals surface area (Å²) in [5.41, 5.74) is 3.33. The minimum Gasteiger partial charge on any atom is -0.325 e. The lowest BCUT2D eigenvalue weighted by Gasteiger charge is -2.16. The van der Waals surface area contributed by atoms with Crippen LogP contribution in [-0.2, 0) is 4.79 Å². The van der Waals surface area contributed by atoms with Crippen LogP contribution < -0.4 is 5.32 Å². The lowest BCUT2D eigenvalue weighted by molar-refractivity contribution is -0.117. The molecule has 0 unspecified atom stereocenters. The number of nitrogens with zero attached hydrogens (tertiary/aromatic N) is 1. The van der Waals surface area contributed by atoms with Gasteiger partial charge >= 0.3 is 0 Å². The van der Waals surface area contributed by atoms with Crippen molar-refractivity contribution in [3.63, 3.8) is 0 Å². The molecule has 100 valence electrons. The van der Waals surface area contributed by atoms with Gasteiger partial charge in [0.05, 0.1) is 6.54 Å². The smallest absolute Gasteiger partial charge is 0.238 e. The molecule has 3 nitrogen and oxygen atoms in total. The second-order valence-corrected chi connectivity index (χ2v) is 4.94. The molecule has 0 saturated carbocycles. The Labute approximate surface area is 110 Å². The predicted molar refractivity (Wildman–Crippen MR) is 77.0 cm³/mol. The van der Waals surface area contributed by atoms with Gasteiger partial charge in [-0.25, -0.2) is 0 Å². The minimum absolute atomic E-state index is 0.0526. The Morgan fingerprint density at radius 2 is 2.00 bits per heavy atom. The maximum Gasteiger partial charge on any atom is 0.238 e. The molecule has 0 spiro atoms. The number of carbonyl (C=O) groups excluding carboxylic acids is 1. The van der Waals surface area contributed by atoms with Gasteiger partial charge in [-0.05, 0) is 57.1 Å². The second kappa shape index (κ2) is 7.17. The van der Waals surface area contributed by atoms with Gasteiger partial charge in [-0.1, -0.05) is 19.4 Å². The van der Waals surface area contributed by atoms with Crippen LogP contribution in [0.2, 0.25) is 0 Å². The first-order valence-corrected chi connectivity index (χ1v) is 6.58. The van der Waals surface area contributed by atoms with Gasteiger partial charge in [-0.3, -0.25) is 9.69 Å². The van der Waals surface area contributed by atoms with Crippen LogP contribution in [0.3, 0.4) is 0 Å². The third-order valence-electron chi connectivity index (χ3n) is 3.10. The van der Waals surface area contributed by atoms with E-state index >= 15 is 0 Å². The highest BCUT2D eigenvalue weighted by Crippen LogP contribution is 2.13. The summed E-state index contributed by atoms with van der Waals surface area (Å²) < 4.78 is 0. The molecule has 3 heteroatoms. The number of carbonyl (C=O) groups is 1. The van der Waals surface area contributed by atoms with Crippen molar-refractivity contribution in [3.8, 4) is 0 Å². The van der Waals surface area contributed by atoms with Gasteiger partial charge in [0.2, 0.25) is 5.91 Å². The van der Waals surface area contributed by atoms with E-state index < -0.39 is 0 Å². The van der Waals surface area contributed by atoms with Crippen LogP contribution in [0.15, 0.2) is 18.2 Å². The first-order chi connectivity index (χ1) is 8.52. The zero-order valence-electron chi connectivity index (χ0n) is 11.9. The molecule has 18 heavy (non-hydrogen) atoms. The topological polar surface area (TPSA) is 32.3 Å². The number of likely N-dealkylation sites (N-methyl/N-ethyl adjacent to an activating group) is 1. The van der Waals surface area contributed by atoms with Crippen molar-refractivity contribution < 1.29 is 4.79 Å². The van der Waals surface area contributed by atoms with Crippen molar-refractivity contribution in [1.82, 2.24) is 4.90 Å². The van der Waals surface area contributed by atoms with Crippen molar-refractivity contribution in [1.29, 1.82) is 0 Å². The van der Waals surface area contributed by atoms with E-state index in [1.54, 1.807) is 0 Å². The molecule has 1 aromatic carbocycles. The summed E-state index contributed by atoms with van der Waals surface area (Å²) in [6.07, 6.45) is 2.29. The number of amides is 1. The molecule has 1 amide bonds. The summed E-state index contributed by atoms with van der Waals surface area (Å²) in [5, 5.41) is 2.94. The van der Waals surface area contributed by atoms with Crippen molar-refractivity contribution >= 4 is 11.6 Å². The van der Waals surface area contributed by atoms with Crippen LogP contribution in [0.4, 0.5) is 5.69 Å². The highest BCUT2D eigenvalue weighted by molar-refractivity contribution is 5.92. The van der Waals surface area contributed by atoms with Crippen molar-refractivity contribution in [2.45, 2.75) is 33.6 Å². The molecule has 1 rings (SSSR count). The van der Waals surface area contributed by atoms with Gasteiger partial charge in [-0.15, -0.1) is 0 Å². The summed E-state index contributed by atoms with van der Waals surface area (Å²) in [7, 11) is 1.98. The number of hydrogen-bond donors (Lipinski definition) is 1. The van der Waals surface area contributed by atoms with E-state index in [1.807, 2.05) is 25.2 Å². The molecule has 0 atom stereocenters. The number of hydrogen-bond acceptors (Lipinski definition) is 2. The summed E-state index contributed by atoms with van der Waals surface area (Å²) in [5.74, 6) is 0.0526. The normalized spacial score (nSPS) is 10.7. The highest BCUT2D eigenvalue weighted by atomic mass is 16.2. The van der Waals surface area contributed by atoms with E-state index in [1.165, 1.54) is 11.1 Å². The molecule has 0 radical (unpaired) electrons. The van der Waals surface area contributed by atoms with Crippen molar-refractivity contribution in [3.05, 3.63) is 29.3 Å². The quantitative estimate of drug-likeness (QED) is 0.839. The maximum atomic E-state index is 11.8. The SMILES string of the molecule is CCCCN(C)CC(=O)Nc1ccc(C)c(C)c1. The average Bonchev–Trinajstić information content (AvgIpc) is 2.31. The first kappa shape index (κ1) is 14.7. The van der Waals surface area contributed by atoms with Crippen LogP contribution >= 0.6 is 0 Å². The Hall–Kier alpha value is -1.35. The molecule has 0 saturated heterocycles. The first-order valence-electron chi connectivity index (χ1n) is 6.58. The molecule has 0 heterocycles. The lowest BCUT2D eigenvalue weighted by atomic mass is 10.1. The number of anilines is 1. The number of rotatable bonds is 6. The van der Waals surface area contributed by atoms with Crippen molar-refractivity contribution in [2.75, 3.05) is 25.5 Å². The van der Waals surface area contributed by atoms with Crippen LogP contribution in [0.25, 0.3) is 0 Å². The average molecular weight is 248 g/mol. The van der Waals surface area contributed by atoms with E-state index in [9.17, 15) is 4.79 Å². The van der Waals surface area contributed by atoms with Crippen molar-refractivity contribution in [2.24, 2.45) is 0 Å². The highest BCUT2D eigenvalue weighted by Gasteiger charge is 2.06. The van der Waals surface area contributed by atoms with Gasteiger partial charge in [0.1, 0.15) is 0 Å². The van der Waals surface area contributed by atoms with Gasteiger partial charge in [0.15, 0.2) is 0 Å². The third kappa shape index (κ3) is 4.88. The molecule has 0 aliphatic rings. The summed E-state index contributed by atoms with van der Waals surface area (Å²) in [6, 6.07) is 6.00. The summed E-state index contributed by atoms with van der Waals surface area (Å²) in [6.45, 7) is 7.70. The van der Waals surface area contributed by atoms with E-state index in [0.29, 0.717) is 6.54 Å². The van der Waals surface area contributed by atoms with E-state index in [2.05, 4.69) is 31.0 Å². The Balaban J connectivity index is 2.46. The molecule has 0 fully saturated rings. The Kier molecular flexibility index (Phi) is 5.86. The van der Waals surface area contributed by atoms with Gasteiger partial charge in [0, 0.05) is 5.69 Å². The lowest BCUT2D eigenvalue weighted by Crippen LogP contribution is -2.30. The van der Waals surface area contributed by atoms with E-state index in [0.717, 1.165) is 25.1 Å². The van der Waals surface area contributed by atoms with E-state index in [4.69, 9.17) is 0 Å². The fourth-order valence-corrected chi connectivity index (χ4v) is 1.77. The molecule has 0 bridgehead atoms. The van der Waals surface area contributed by atoms with Crippen LogP contribution in [0.5, 0.6) is 0 Å². The largest absolute Gasteiger partial charge is 0.325 e. The van der Waals surface area contributed by atoms with Crippen LogP contribution in [0, 0.1) is 13.8 Å². The Morgan fingerprint density at radius 3 is 2.61 bits per heavy atom. The van der Waals surface area contributed by atoms with Gasteiger partial charge in [0.25, 0.3) is 0 Å². The molecule has 0 aliphatic heterocycles. The van der Waals surface area contributed by atoms with E-state index in [-0.39, 0.29) is 5.91 Å². The standard InChI is InChI=1S/C15H24N2O/c1-5-6-9-17(4)11-15(18)16-14-8-7-12(2)13(3)10-14/h7-8,10H,5-6,9,11H2,1-4H3,(H,16,18). The molecule has 1 aromatic rings. The molecule has 1 N–H and O–H groups in total. The zero-order valence-corrected chi connectivity index (χ0v) is 11.9. The number of benzene rings is 1. The summed E-state index contributed by atoms with van der Waals surface area (Å²) in [4.78, 5) is 13.9. The molecular weight excluding hydrogens is 224 g/mol. The Bertz CT molecular complexity index is 401. The zero-order chi connectivity index (χ0) is 13.5. The number of aryl methyl sites for hydroxylation is 2. The van der Waals surface area contributed by atoms with Crippen LogP contribution in [-0.4, -0.2) is 30.9 Å². The van der Waals surface area contributed by atoms with Crippen LogP contribution in [0.1, 0.15) is 30.9 Å². The summed E-state index contributed by atoms with van der Waals surface area (Å²) >= 11 is 0. The monoisotopic (exact) mass is 248 g/mol. The van der Waals surface area contributed by atoms with Gasteiger partial charge in [-0.2, -0.15) is 0 Å². The fraction of sp³-hybridized carbons (Fsp3) is 0.533. The molecule has 0 aliphatic carbocycles. The fourth-order valence-electron chi connectivity index (χ4n) is 1.77. The minimum atomic E-state index is 0.0526. The number of unbranched alkanes of at least 4 members (excludes halogenated alkanes) is 1. The van der Waals surface area contributed by atoms with Gasteiger partial charge < -0.3 is 5.32 Å². The number of nitrogens with one attached hydrogen (secondary N) is 1. The maximum absolute atomic E-state index is 11.8. The second-order valence-electron chi connectivity index (χ2n) is 4.94. The molecular formula is C15H24N2O. The third-order valence-corrected chi connectivity index (χ3v) is 3.10. The predicted octanol–water partition coefficient (Wildman–Crippen LogP) is 2.97. The molecule has 0 aromatic heterocycles. The Morgan fingerprint density at radius 1 is 1.28 bits per heavy atom.